The van der Waals surface area contributed by atoms with Gasteiger partial charge in [0.15, 0.2) is 5.82 Å². The summed E-state index contributed by atoms with van der Waals surface area (Å²) in [6.07, 6.45) is 3.51. The van der Waals surface area contributed by atoms with Crippen molar-refractivity contribution in [2.24, 2.45) is 0 Å². The average molecular weight is 325 g/mol. The van der Waals surface area contributed by atoms with Crippen molar-refractivity contribution in [3.63, 3.8) is 0 Å². The summed E-state index contributed by atoms with van der Waals surface area (Å²) in [5, 5.41) is 8.10. The van der Waals surface area contributed by atoms with Gasteiger partial charge in [0.1, 0.15) is 0 Å². The van der Waals surface area contributed by atoms with Gasteiger partial charge in [-0.1, -0.05) is 0 Å². The van der Waals surface area contributed by atoms with E-state index in [1.165, 1.54) is 0 Å². The standard InChI is InChI=1S/C14H23N5O2S/c20-22(21)13-3-8-19(22)12-10-17-6-2-7-18(11-9-17)14-4-1-5-15-16-14/h1,4-5H,2-3,6-13H2. The predicted molar refractivity (Wildman–Crippen MR) is 85.3 cm³/mol. The van der Waals surface area contributed by atoms with Gasteiger partial charge in [-0.25, -0.2) is 12.7 Å². The van der Waals surface area contributed by atoms with Crippen molar-refractivity contribution in [3.8, 4) is 0 Å². The van der Waals surface area contributed by atoms with Gasteiger partial charge < -0.3 is 9.80 Å². The topological polar surface area (TPSA) is 69.6 Å². The predicted octanol–water partition coefficient (Wildman–Crippen LogP) is 0.0242. The highest BCUT2D eigenvalue weighted by atomic mass is 32.2. The van der Waals surface area contributed by atoms with E-state index in [1.807, 2.05) is 12.1 Å². The second-order valence-electron chi connectivity index (χ2n) is 5.83. The van der Waals surface area contributed by atoms with Crippen LogP contribution in [0.25, 0.3) is 0 Å². The first-order valence-electron chi connectivity index (χ1n) is 7.88. The molecule has 2 aliphatic rings. The molecule has 2 saturated heterocycles. The van der Waals surface area contributed by atoms with Crippen LogP contribution in [0.5, 0.6) is 0 Å². The van der Waals surface area contributed by atoms with E-state index < -0.39 is 10.0 Å². The van der Waals surface area contributed by atoms with Crippen molar-refractivity contribution in [1.29, 1.82) is 0 Å². The fourth-order valence-corrected chi connectivity index (χ4v) is 4.60. The molecule has 0 amide bonds. The van der Waals surface area contributed by atoms with E-state index in [1.54, 1.807) is 10.5 Å². The lowest BCUT2D eigenvalue weighted by atomic mass is 10.3. The third-order valence-electron chi connectivity index (χ3n) is 4.34. The summed E-state index contributed by atoms with van der Waals surface area (Å²) in [5.41, 5.74) is 0. The van der Waals surface area contributed by atoms with Gasteiger partial charge in [-0.15, -0.1) is 5.10 Å². The molecule has 0 atom stereocenters. The van der Waals surface area contributed by atoms with E-state index in [4.69, 9.17) is 0 Å². The molecule has 2 fully saturated rings. The Morgan fingerprint density at radius 3 is 2.68 bits per heavy atom. The zero-order valence-electron chi connectivity index (χ0n) is 12.8. The third kappa shape index (κ3) is 3.74. The summed E-state index contributed by atoms with van der Waals surface area (Å²) in [6, 6.07) is 3.89. The van der Waals surface area contributed by atoms with E-state index in [0.717, 1.165) is 51.4 Å². The molecule has 0 unspecified atom stereocenters. The van der Waals surface area contributed by atoms with Gasteiger partial charge in [-0.05, 0) is 31.5 Å². The van der Waals surface area contributed by atoms with Crippen LogP contribution in [0.2, 0.25) is 0 Å². The molecule has 1 aromatic rings. The van der Waals surface area contributed by atoms with Crippen LogP contribution in [0.15, 0.2) is 18.3 Å². The second kappa shape index (κ2) is 6.89. The van der Waals surface area contributed by atoms with Crippen LogP contribution in [-0.2, 0) is 10.0 Å². The molecule has 0 saturated carbocycles. The van der Waals surface area contributed by atoms with Gasteiger partial charge in [0.2, 0.25) is 10.0 Å². The fourth-order valence-electron chi connectivity index (χ4n) is 3.08. The molecule has 1 aromatic heterocycles. The molecule has 2 aliphatic heterocycles. The minimum Gasteiger partial charge on any atom is -0.354 e. The van der Waals surface area contributed by atoms with Gasteiger partial charge in [-0.2, -0.15) is 5.10 Å². The van der Waals surface area contributed by atoms with E-state index in [-0.39, 0.29) is 0 Å². The third-order valence-corrected chi connectivity index (χ3v) is 6.30. The minimum atomic E-state index is -2.97. The Hall–Kier alpha value is -1.25. The second-order valence-corrected chi connectivity index (χ2v) is 7.92. The van der Waals surface area contributed by atoms with Gasteiger partial charge in [0.05, 0.1) is 5.75 Å². The monoisotopic (exact) mass is 325 g/mol. The molecule has 22 heavy (non-hydrogen) atoms. The average Bonchev–Trinajstić information content (AvgIpc) is 2.73. The molecule has 7 nitrogen and oxygen atoms in total. The molecule has 3 heterocycles. The Balaban J connectivity index is 1.51. The number of hydrogen-bond acceptors (Lipinski definition) is 6. The summed E-state index contributed by atoms with van der Waals surface area (Å²) in [4.78, 5) is 4.60. The van der Waals surface area contributed by atoms with Crippen molar-refractivity contribution in [3.05, 3.63) is 18.3 Å². The zero-order valence-corrected chi connectivity index (χ0v) is 13.6. The largest absolute Gasteiger partial charge is 0.354 e. The van der Waals surface area contributed by atoms with Crippen LogP contribution in [0.3, 0.4) is 0 Å². The minimum absolute atomic E-state index is 0.313. The summed E-state index contributed by atoms with van der Waals surface area (Å²) in [7, 11) is -2.97. The lowest BCUT2D eigenvalue weighted by Gasteiger charge is -2.24. The van der Waals surface area contributed by atoms with Gasteiger partial charge in [-0.3, -0.25) is 0 Å². The Morgan fingerprint density at radius 2 is 1.95 bits per heavy atom. The van der Waals surface area contributed by atoms with Crippen LogP contribution in [0.4, 0.5) is 5.82 Å². The quantitative estimate of drug-likeness (QED) is 0.778. The zero-order chi connectivity index (χ0) is 15.4. The van der Waals surface area contributed by atoms with Crippen LogP contribution in [-0.4, -0.2) is 79.4 Å². The molecule has 122 valence electrons. The Kier molecular flexibility index (Phi) is 4.90. The molecule has 0 radical (unpaired) electrons. The van der Waals surface area contributed by atoms with E-state index >= 15 is 0 Å². The van der Waals surface area contributed by atoms with Crippen LogP contribution in [0.1, 0.15) is 12.8 Å². The highest BCUT2D eigenvalue weighted by Gasteiger charge is 2.28. The summed E-state index contributed by atoms with van der Waals surface area (Å²) < 4.78 is 25.3. The summed E-state index contributed by atoms with van der Waals surface area (Å²) >= 11 is 0. The first-order chi connectivity index (χ1) is 10.6. The molecular weight excluding hydrogens is 302 g/mol. The number of sulfonamides is 1. The van der Waals surface area contributed by atoms with E-state index in [0.29, 0.717) is 18.8 Å². The molecular formula is C14H23N5O2S. The molecule has 8 heteroatoms. The van der Waals surface area contributed by atoms with Gasteiger partial charge in [0, 0.05) is 45.5 Å². The van der Waals surface area contributed by atoms with Crippen LogP contribution < -0.4 is 4.90 Å². The van der Waals surface area contributed by atoms with Crippen LogP contribution >= 0.6 is 0 Å². The maximum Gasteiger partial charge on any atom is 0.214 e. The smallest absolute Gasteiger partial charge is 0.214 e. The highest BCUT2D eigenvalue weighted by Crippen LogP contribution is 2.14. The number of rotatable bonds is 4. The lowest BCUT2D eigenvalue weighted by Crippen LogP contribution is -2.38. The number of hydrogen-bond donors (Lipinski definition) is 0. The molecule has 3 rings (SSSR count). The van der Waals surface area contributed by atoms with Crippen molar-refractivity contribution in [2.75, 3.05) is 56.5 Å². The van der Waals surface area contributed by atoms with E-state index in [2.05, 4.69) is 20.0 Å². The van der Waals surface area contributed by atoms with Gasteiger partial charge in [0.25, 0.3) is 0 Å². The van der Waals surface area contributed by atoms with Crippen molar-refractivity contribution in [2.45, 2.75) is 12.8 Å². The number of nitrogens with zero attached hydrogens (tertiary/aromatic N) is 5. The lowest BCUT2D eigenvalue weighted by molar-refractivity contribution is 0.268. The highest BCUT2D eigenvalue weighted by molar-refractivity contribution is 7.89. The SMILES string of the molecule is O=S1(=O)CCCN1CCN1CCCN(c2cccnn2)CC1. The Labute approximate surface area is 132 Å². The van der Waals surface area contributed by atoms with Crippen molar-refractivity contribution >= 4 is 15.8 Å². The molecule has 0 bridgehead atoms. The molecule has 0 aliphatic carbocycles. The Bertz CT molecular complexity index is 580. The van der Waals surface area contributed by atoms with Crippen molar-refractivity contribution in [1.82, 2.24) is 19.4 Å². The maximum atomic E-state index is 11.8. The molecule has 0 aromatic carbocycles. The Morgan fingerprint density at radius 1 is 1.05 bits per heavy atom. The summed E-state index contributed by atoms with van der Waals surface area (Å²) in [5.74, 6) is 1.24. The molecule has 0 spiro atoms. The maximum absolute atomic E-state index is 11.8. The fraction of sp³-hybridized carbons (Fsp3) is 0.714. The summed E-state index contributed by atoms with van der Waals surface area (Å²) in [6.45, 7) is 5.93. The normalized spacial score (nSPS) is 23.5. The number of aromatic nitrogens is 2. The van der Waals surface area contributed by atoms with Gasteiger partial charge >= 0.3 is 0 Å². The van der Waals surface area contributed by atoms with Crippen molar-refractivity contribution < 1.29 is 8.42 Å². The first-order valence-corrected chi connectivity index (χ1v) is 9.49. The van der Waals surface area contributed by atoms with E-state index in [9.17, 15) is 8.42 Å². The number of anilines is 1. The first kappa shape index (κ1) is 15.6. The molecule has 0 N–H and O–H groups in total. The van der Waals surface area contributed by atoms with Crippen LogP contribution in [0, 0.1) is 0 Å².